The van der Waals surface area contributed by atoms with E-state index < -0.39 is 0 Å². The fraction of sp³-hybridized carbons (Fsp3) is 0.600. The fourth-order valence-electron chi connectivity index (χ4n) is 2.59. The molecule has 1 aliphatic heterocycles. The average molecular weight is 249 g/mol. The molecule has 3 nitrogen and oxygen atoms in total. The van der Waals surface area contributed by atoms with Crippen LogP contribution in [0.4, 0.5) is 5.69 Å². The zero-order chi connectivity index (χ0) is 13.1. The monoisotopic (exact) mass is 249 g/mol. The zero-order valence-electron chi connectivity index (χ0n) is 11.7. The maximum atomic E-state index is 5.48. The van der Waals surface area contributed by atoms with Crippen LogP contribution in [0.3, 0.4) is 0 Å². The maximum Gasteiger partial charge on any atom is 0.126 e. The van der Waals surface area contributed by atoms with Crippen molar-refractivity contribution in [3.05, 3.63) is 23.3 Å². The van der Waals surface area contributed by atoms with Crippen molar-refractivity contribution in [2.45, 2.75) is 33.2 Å². The van der Waals surface area contributed by atoms with Crippen LogP contribution in [0.25, 0.3) is 0 Å². The van der Waals surface area contributed by atoms with E-state index in [9.17, 15) is 0 Å². The number of nitrogens with one attached hydrogen (secondary N) is 1. The molecule has 1 aromatic rings. The van der Waals surface area contributed by atoms with Crippen molar-refractivity contribution in [2.75, 3.05) is 25.6 Å². The van der Waals surface area contributed by atoms with E-state index >= 15 is 0 Å². The van der Waals surface area contributed by atoms with E-state index in [1.165, 1.54) is 16.8 Å². The number of ether oxygens (including phenoxy) is 2. The van der Waals surface area contributed by atoms with Gasteiger partial charge >= 0.3 is 0 Å². The Morgan fingerprint density at radius 1 is 1.33 bits per heavy atom. The van der Waals surface area contributed by atoms with Crippen molar-refractivity contribution in [1.82, 2.24) is 0 Å². The van der Waals surface area contributed by atoms with E-state index in [-0.39, 0.29) is 0 Å². The Hall–Kier alpha value is -1.22. The first-order valence-corrected chi connectivity index (χ1v) is 6.62. The number of hydrogen-bond donors (Lipinski definition) is 1. The van der Waals surface area contributed by atoms with Gasteiger partial charge in [-0.05, 0) is 37.8 Å². The highest BCUT2D eigenvalue weighted by molar-refractivity contribution is 5.60. The summed E-state index contributed by atoms with van der Waals surface area (Å²) < 4.78 is 10.9. The number of rotatable bonds is 3. The Bertz CT molecular complexity index is 417. The quantitative estimate of drug-likeness (QED) is 0.892. The highest BCUT2D eigenvalue weighted by atomic mass is 16.5. The van der Waals surface area contributed by atoms with Gasteiger partial charge in [-0.3, -0.25) is 0 Å². The fourth-order valence-corrected chi connectivity index (χ4v) is 2.59. The zero-order valence-corrected chi connectivity index (χ0v) is 11.7. The summed E-state index contributed by atoms with van der Waals surface area (Å²) in [6, 6.07) is 4.75. The van der Waals surface area contributed by atoms with Gasteiger partial charge in [-0.25, -0.2) is 0 Å². The molecule has 1 N–H and O–H groups in total. The molecule has 2 rings (SSSR count). The first-order valence-electron chi connectivity index (χ1n) is 6.62. The number of benzene rings is 1. The second-order valence-corrected chi connectivity index (χ2v) is 5.18. The molecule has 3 heteroatoms. The van der Waals surface area contributed by atoms with Crippen LogP contribution in [-0.4, -0.2) is 26.4 Å². The Labute approximate surface area is 109 Å². The first-order chi connectivity index (χ1) is 8.63. The van der Waals surface area contributed by atoms with Gasteiger partial charge in [0, 0.05) is 23.9 Å². The van der Waals surface area contributed by atoms with E-state index in [2.05, 4.69) is 38.2 Å². The SMILES string of the molecule is COc1c(C)ccc(NC2CCOCC2C)c1C. The largest absolute Gasteiger partial charge is 0.496 e. The molecule has 2 unspecified atom stereocenters. The summed E-state index contributed by atoms with van der Waals surface area (Å²) in [7, 11) is 1.73. The smallest absolute Gasteiger partial charge is 0.126 e. The van der Waals surface area contributed by atoms with Gasteiger partial charge in [-0.2, -0.15) is 0 Å². The third-order valence-electron chi connectivity index (χ3n) is 3.79. The van der Waals surface area contributed by atoms with Gasteiger partial charge in [0.15, 0.2) is 0 Å². The van der Waals surface area contributed by atoms with Crippen LogP contribution >= 0.6 is 0 Å². The summed E-state index contributed by atoms with van der Waals surface area (Å²) in [5.74, 6) is 1.53. The summed E-state index contributed by atoms with van der Waals surface area (Å²) in [4.78, 5) is 0. The summed E-state index contributed by atoms with van der Waals surface area (Å²) in [6.07, 6.45) is 1.07. The molecule has 0 spiro atoms. The second kappa shape index (κ2) is 5.61. The van der Waals surface area contributed by atoms with E-state index in [1.54, 1.807) is 7.11 Å². The van der Waals surface area contributed by atoms with Crippen LogP contribution in [0.15, 0.2) is 12.1 Å². The molecule has 1 saturated heterocycles. The van der Waals surface area contributed by atoms with Crippen LogP contribution in [0, 0.1) is 19.8 Å². The van der Waals surface area contributed by atoms with Crippen LogP contribution in [-0.2, 0) is 4.74 Å². The summed E-state index contributed by atoms with van der Waals surface area (Å²) in [5, 5.41) is 3.64. The minimum atomic E-state index is 0.491. The number of methoxy groups -OCH3 is 1. The third kappa shape index (κ3) is 2.61. The molecule has 1 heterocycles. The average Bonchev–Trinajstić information content (AvgIpc) is 2.36. The molecule has 2 atom stereocenters. The molecular formula is C15H23NO2. The van der Waals surface area contributed by atoms with Gasteiger partial charge < -0.3 is 14.8 Å². The van der Waals surface area contributed by atoms with E-state index in [4.69, 9.17) is 9.47 Å². The molecule has 0 saturated carbocycles. The molecule has 1 fully saturated rings. The van der Waals surface area contributed by atoms with E-state index in [0.29, 0.717) is 12.0 Å². The lowest BCUT2D eigenvalue weighted by Gasteiger charge is -2.31. The summed E-state index contributed by atoms with van der Waals surface area (Å²) in [5.41, 5.74) is 3.55. The molecule has 0 amide bonds. The van der Waals surface area contributed by atoms with Crippen molar-refractivity contribution < 1.29 is 9.47 Å². The minimum absolute atomic E-state index is 0.491. The summed E-state index contributed by atoms with van der Waals surface area (Å²) >= 11 is 0. The maximum absolute atomic E-state index is 5.48. The summed E-state index contributed by atoms with van der Waals surface area (Å²) in [6.45, 7) is 8.12. The van der Waals surface area contributed by atoms with E-state index in [0.717, 1.165) is 25.4 Å². The van der Waals surface area contributed by atoms with Crippen LogP contribution in [0.2, 0.25) is 0 Å². The lowest BCUT2D eigenvalue weighted by Crippen LogP contribution is -2.36. The Morgan fingerprint density at radius 3 is 2.78 bits per heavy atom. The Balaban J connectivity index is 2.18. The highest BCUT2D eigenvalue weighted by Crippen LogP contribution is 2.31. The van der Waals surface area contributed by atoms with E-state index in [1.807, 2.05) is 0 Å². The minimum Gasteiger partial charge on any atom is -0.496 e. The highest BCUT2D eigenvalue weighted by Gasteiger charge is 2.22. The van der Waals surface area contributed by atoms with Gasteiger partial charge in [0.2, 0.25) is 0 Å². The van der Waals surface area contributed by atoms with Crippen molar-refractivity contribution in [2.24, 2.45) is 5.92 Å². The number of hydrogen-bond acceptors (Lipinski definition) is 3. The van der Waals surface area contributed by atoms with Crippen molar-refractivity contribution in [1.29, 1.82) is 0 Å². The predicted octanol–water partition coefficient (Wildman–Crippen LogP) is 3.15. The van der Waals surface area contributed by atoms with Crippen molar-refractivity contribution in [3.63, 3.8) is 0 Å². The number of aryl methyl sites for hydroxylation is 1. The van der Waals surface area contributed by atoms with Crippen molar-refractivity contribution >= 4 is 5.69 Å². The molecule has 1 aromatic carbocycles. The predicted molar refractivity (Wildman–Crippen MR) is 74.5 cm³/mol. The van der Waals surface area contributed by atoms with Gasteiger partial charge in [-0.15, -0.1) is 0 Å². The van der Waals surface area contributed by atoms with Gasteiger partial charge in [-0.1, -0.05) is 13.0 Å². The third-order valence-corrected chi connectivity index (χ3v) is 3.79. The Kier molecular flexibility index (Phi) is 4.12. The van der Waals surface area contributed by atoms with Crippen LogP contribution < -0.4 is 10.1 Å². The molecule has 0 aliphatic carbocycles. The lowest BCUT2D eigenvalue weighted by molar-refractivity contribution is 0.0537. The molecule has 18 heavy (non-hydrogen) atoms. The Morgan fingerprint density at radius 2 is 2.11 bits per heavy atom. The second-order valence-electron chi connectivity index (χ2n) is 5.18. The molecule has 0 aromatic heterocycles. The van der Waals surface area contributed by atoms with Crippen molar-refractivity contribution in [3.8, 4) is 5.75 Å². The lowest BCUT2D eigenvalue weighted by atomic mass is 9.97. The normalized spacial score (nSPS) is 23.8. The molecular weight excluding hydrogens is 226 g/mol. The topological polar surface area (TPSA) is 30.5 Å². The molecule has 100 valence electrons. The molecule has 0 radical (unpaired) electrons. The molecule has 0 bridgehead atoms. The van der Waals surface area contributed by atoms with Crippen LogP contribution in [0.5, 0.6) is 5.75 Å². The van der Waals surface area contributed by atoms with Crippen LogP contribution in [0.1, 0.15) is 24.5 Å². The van der Waals surface area contributed by atoms with Gasteiger partial charge in [0.25, 0.3) is 0 Å². The molecule has 1 aliphatic rings. The first kappa shape index (κ1) is 13.2. The standard InChI is InChI=1S/C15H23NO2/c1-10-5-6-14(12(3)15(10)17-4)16-13-7-8-18-9-11(13)2/h5-6,11,13,16H,7-9H2,1-4H3. The number of anilines is 1. The van der Waals surface area contributed by atoms with Gasteiger partial charge in [0.05, 0.1) is 13.7 Å². The van der Waals surface area contributed by atoms with Gasteiger partial charge in [0.1, 0.15) is 5.75 Å².